The van der Waals surface area contributed by atoms with Crippen molar-refractivity contribution >= 4 is 17.3 Å². The molecule has 0 spiro atoms. The Morgan fingerprint density at radius 3 is 2.19 bits per heavy atom. The van der Waals surface area contributed by atoms with Gasteiger partial charge in [0.05, 0.1) is 5.92 Å². The van der Waals surface area contributed by atoms with Crippen molar-refractivity contribution in [2.24, 2.45) is 5.92 Å². The summed E-state index contributed by atoms with van der Waals surface area (Å²) in [6.07, 6.45) is 6.06. The van der Waals surface area contributed by atoms with Gasteiger partial charge in [0.1, 0.15) is 0 Å². The van der Waals surface area contributed by atoms with Crippen molar-refractivity contribution in [1.82, 2.24) is 0 Å². The number of nitrogens with zero attached hydrogens (tertiary/aromatic N) is 1. The standard InChI is InChI=1S/C24H32N2O/c1-3-26(4-2)22-17-15-21(16-18-22)25-24(27)23(19-11-7-5-8-12-19)20-13-9-6-10-14-20/h5,7-8,11-12,15-18,20,23H,3-4,6,9-10,13-14H2,1-2H3,(H,25,27). The molecule has 1 fully saturated rings. The molecule has 1 N–H and O–H groups in total. The summed E-state index contributed by atoms with van der Waals surface area (Å²) < 4.78 is 0. The van der Waals surface area contributed by atoms with Crippen molar-refractivity contribution in [2.45, 2.75) is 51.9 Å². The first-order valence-corrected chi connectivity index (χ1v) is 10.4. The van der Waals surface area contributed by atoms with Gasteiger partial charge in [0, 0.05) is 24.5 Å². The number of amides is 1. The molecular formula is C24H32N2O. The van der Waals surface area contributed by atoms with Gasteiger partial charge in [-0.2, -0.15) is 0 Å². The molecule has 3 rings (SSSR count). The van der Waals surface area contributed by atoms with Crippen LogP contribution < -0.4 is 10.2 Å². The fourth-order valence-electron chi connectivity index (χ4n) is 4.33. The third-order valence-electron chi connectivity index (χ3n) is 5.83. The van der Waals surface area contributed by atoms with E-state index in [0.717, 1.165) is 37.2 Å². The summed E-state index contributed by atoms with van der Waals surface area (Å²) in [6.45, 7) is 6.29. The van der Waals surface area contributed by atoms with Gasteiger partial charge in [-0.1, -0.05) is 49.6 Å². The molecule has 0 saturated heterocycles. The fourth-order valence-corrected chi connectivity index (χ4v) is 4.33. The molecule has 0 heterocycles. The highest BCUT2D eigenvalue weighted by Gasteiger charge is 2.30. The second-order valence-electron chi connectivity index (χ2n) is 7.49. The maximum absolute atomic E-state index is 13.2. The van der Waals surface area contributed by atoms with E-state index in [1.807, 2.05) is 30.3 Å². The SMILES string of the molecule is CCN(CC)c1ccc(NC(=O)C(c2ccccc2)C2CCCCC2)cc1. The average Bonchev–Trinajstić information content (AvgIpc) is 2.72. The van der Waals surface area contributed by atoms with Gasteiger partial charge in [-0.05, 0) is 62.4 Å². The second-order valence-corrected chi connectivity index (χ2v) is 7.49. The van der Waals surface area contributed by atoms with Crippen LogP contribution in [0.3, 0.4) is 0 Å². The lowest BCUT2D eigenvalue weighted by Crippen LogP contribution is -2.29. The molecule has 144 valence electrons. The quantitative estimate of drug-likeness (QED) is 0.670. The molecular weight excluding hydrogens is 332 g/mol. The Morgan fingerprint density at radius 1 is 0.963 bits per heavy atom. The van der Waals surface area contributed by atoms with Crippen LogP contribution in [-0.2, 0) is 4.79 Å². The molecule has 1 aliphatic carbocycles. The minimum atomic E-state index is -0.0611. The highest BCUT2D eigenvalue weighted by atomic mass is 16.1. The molecule has 1 atom stereocenters. The van der Waals surface area contributed by atoms with Crippen molar-refractivity contribution < 1.29 is 4.79 Å². The first-order valence-electron chi connectivity index (χ1n) is 10.4. The highest BCUT2D eigenvalue weighted by Crippen LogP contribution is 2.37. The van der Waals surface area contributed by atoms with Crippen LogP contribution in [0.15, 0.2) is 54.6 Å². The van der Waals surface area contributed by atoms with Gasteiger partial charge in [0.15, 0.2) is 0 Å². The third kappa shape index (κ3) is 4.91. The van der Waals surface area contributed by atoms with Crippen LogP contribution in [0, 0.1) is 5.92 Å². The smallest absolute Gasteiger partial charge is 0.232 e. The Labute approximate surface area is 163 Å². The Balaban J connectivity index is 1.76. The van der Waals surface area contributed by atoms with E-state index in [1.165, 1.54) is 24.9 Å². The van der Waals surface area contributed by atoms with Crippen LogP contribution in [-0.4, -0.2) is 19.0 Å². The van der Waals surface area contributed by atoms with Crippen LogP contribution in [0.1, 0.15) is 57.4 Å². The molecule has 0 radical (unpaired) electrons. The number of carbonyl (C=O) groups excluding carboxylic acids is 1. The maximum atomic E-state index is 13.2. The maximum Gasteiger partial charge on any atom is 0.232 e. The lowest BCUT2D eigenvalue weighted by molar-refractivity contribution is -0.119. The van der Waals surface area contributed by atoms with E-state index in [1.54, 1.807) is 0 Å². The minimum absolute atomic E-state index is 0.0611. The molecule has 0 bridgehead atoms. The van der Waals surface area contributed by atoms with E-state index in [9.17, 15) is 4.79 Å². The molecule has 2 aromatic carbocycles. The van der Waals surface area contributed by atoms with E-state index in [0.29, 0.717) is 5.92 Å². The summed E-state index contributed by atoms with van der Waals surface area (Å²) >= 11 is 0. The first kappa shape index (κ1) is 19.5. The molecule has 1 saturated carbocycles. The Bertz CT molecular complexity index is 701. The zero-order valence-corrected chi connectivity index (χ0v) is 16.7. The summed E-state index contributed by atoms with van der Waals surface area (Å²) in [5.41, 5.74) is 3.22. The summed E-state index contributed by atoms with van der Waals surface area (Å²) in [5, 5.41) is 3.18. The summed E-state index contributed by atoms with van der Waals surface area (Å²) in [4.78, 5) is 15.5. The van der Waals surface area contributed by atoms with Gasteiger partial charge in [-0.15, -0.1) is 0 Å². The van der Waals surface area contributed by atoms with Gasteiger partial charge < -0.3 is 10.2 Å². The molecule has 1 unspecified atom stereocenters. The zero-order valence-electron chi connectivity index (χ0n) is 16.7. The number of hydrogen-bond acceptors (Lipinski definition) is 2. The average molecular weight is 365 g/mol. The number of carbonyl (C=O) groups is 1. The zero-order chi connectivity index (χ0) is 19.1. The van der Waals surface area contributed by atoms with E-state index < -0.39 is 0 Å². The summed E-state index contributed by atoms with van der Waals surface area (Å²) in [5.74, 6) is 0.508. The number of nitrogens with one attached hydrogen (secondary N) is 1. The van der Waals surface area contributed by atoms with Gasteiger partial charge >= 0.3 is 0 Å². The van der Waals surface area contributed by atoms with Crippen LogP contribution in [0.5, 0.6) is 0 Å². The second kappa shape index (κ2) is 9.59. The molecule has 0 aliphatic heterocycles. The van der Waals surface area contributed by atoms with Gasteiger partial charge in [0.25, 0.3) is 0 Å². The van der Waals surface area contributed by atoms with Gasteiger partial charge in [-0.3, -0.25) is 4.79 Å². The Morgan fingerprint density at radius 2 is 1.59 bits per heavy atom. The van der Waals surface area contributed by atoms with Gasteiger partial charge in [-0.25, -0.2) is 0 Å². The molecule has 0 aromatic heterocycles. The highest BCUT2D eigenvalue weighted by molar-refractivity contribution is 5.96. The largest absolute Gasteiger partial charge is 0.372 e. The van der Waals surface area contributed by atoms with Crippen molar-refractivity contribution in [3.63, 3.8) is 0 Å². The van der Waals surface area contributed by atoms with E-state index in [4.69, 9.17) is 0 Å². The molecule has 1 aliphatic rings. The van der Waals surface area contributed by atoms with Crippen LogP contribution in [0.25, 0.3) is 0 Å². The molecule has 3 nitrogen and oxygen atoms in total. The van der Waals surface area contributed by atoms with E-state index in [-0.39, 0.29) is 11.8 Å². The van der Waals surface area contributed by atoms with Crippen molar-refractivity contribution in [2.75, 3.05) is 23.3 Å². The third-order valence-corrected chi connectivity index (χ3v) is 5.83. The van der Waals surface area contributed by atoms with Crippen molar-refractivity contribution in [3.05, 3.63) is 60.2 Å². The van der Waals surface area contributed by atoms with Crippen LogP contribution in [0.4, 0.5) is 11.4 Å². The lowest BCUT2D eigenvalue weighted by atomic mass is 9.76. The molecule has 2 aromatic rings. The predicted octanol–water partition coefficient (Wildman–Crippen LogP) is 5.84. The molecule has 1 amide bonds. The van der Waals surface area contributed by atoms with Crippen molar-refractivity contribution in [1.29, 1.82) is 0 Å². The van der Waals surface area contributed by atoms with E-state index in [2.05, 4.69) is 48.3 Å². The monoisotopic (exact) mass is 364 g/mol. The summed E-state index contributed by atoms with van der Waals surface area (Å²) in [7, 11) is 0. The summed E-state index contributed by atoms with van der Waals surface area (Å²) in [6, 6.07) is 18.5. The van der Waals surface area contributed by atoms with E-state index >= 15 is 0 Å². The topological polar surface area (TPSA) is 32.3 Å². The Hall–Kier alpha value is -2.29. The predicted molar refractivity (Wildman–Crippen MR) is 114 cm³/mol. The number of hydrogen-bond donors (Lipinski definition) is 1. The molecule has 27 heavy (non-hydrogen) atoms. The minimum Gasteiger partial charge on any atom is -0.372 e. The number of benzene rings is 2. The lowest BCUT2D eigenvalue weighted by Gasteiger charge is -2.30. The molecule has 3 heteroatoms. The number of rotatable bonds is 7. The Kier molecular flexibility index (Phi) is 6.92. The number of anilines is 2. The van der Waals surface area contributed by atoms with Crippen LogP contribution >= 0.6 is 0 Å². The first-order chi connectivity index (χ1) is 13.2. The van der Waals surface area contributed by atoms with Crippen molar-refractivity contribution in [3.8, 4) is 0 Å². The van der Waals surface area contributed by atoms with Gasteiger partial charge in [0.2, 0.25) is 5.91 Å². The normalized spacial score (nSPS) is 15.9. The fraction of sp³-hybridized carbons (Fsp3) is 0.458. The van der Waals surface area contributed by atoms with Crippen LogP contribution in [0.2, 0.25) is 0 Å².